The highest BCUT2D eigenvalue weighted by atomic mass is 16.5. The molecule has 0 aliphatic carbocycles. The summed E-state index contributed by atoms with van der Waals surface area (Å²) in [6.07, 6.45) is 1.38. The molecule has 0 radical (unpaired) electrons. The summed E-state index contributed by atoms with van der Waals surface area (Å²) in [5.41, 5.74) is 1.01. The van der Waals surface area contributed by atoms with E-state index in [1.54, 1.807) is 18.2 Å². The lowest BCUT2D eigenvalue weighted by Crippen LogP contribution is -2.09. The number of rotatable bonds is 5. The minimum absolute atomic E-state index is 0.132. The Balaban J connectivity index is 2.80. The van der Waals surface area contributed by atoms with Crippen molar-refractivity contribution < 1.29 is 19.4 Å². The van der Waals surface area contributed by atoms with Crippen molar-refractivity contribution in [3.8, 4) is 5.75 Å². The number of carbonyl (C=O) groups is 1. The number of methoxy groups -OCH3 is 1. The van der Waals surface area contributed by atoms with Crippen LogP contribution in [0.2, 0.25) is 0 Å². The van der Waals surface area contributed by atoms with Crippen molar-refractivity contribution in [1.29, 1.82) is 0 Å². The summed E-state index contributed by atoms with van der Waals surface area (Å²) in [5.74, 6) is -0.740. The number of ether oxygens (including phenoxy) is 2. The SMILES string of the molecule is COCC=C(Oc1cccc(C)c1)C(=O)O. The third-order valence-electron chi connectivity index (χ3n) is 1.86. The second-order valence-corrected chi connectivity index (χ2v) is 3.25. The summed E-state index contributed by atoms with van der Waals surface area (Å²) in [5, 5.41) is 8.88. The molecular weight excluding hydrogens is 208 g/mol. The zero-order valence-corrected chi connectivity index (χ0v) is 9.27. The fraction of sp³-hybridized carbons (Fsp3) is 0.250. The molecule has 0 saturated heterocycles. The maximum Gasteiger partial charge on any atom is 0.371 e. The van der Waals surface area contributed by atoms with Crippen molar-refractivity contribution in [2.24, 2.45) is 0 Å². The summed E-state index contributed by atoms with van der Waals surface area (Å²) in [6, 6.07) is 7.19. The van der Waals surface area contributed by atoms with Gasteiger partial charge in [-0.25, -0.2) is 4.79 Å². The molecular formula is C12H14O4. The molecule has 1 rings (SSSR count). The molecule has 0 saturated carbocycles. The van der Waals surface area contributed by atoms with Crippen LogP contribution in [0, 0.1) is 6.92 Å². The second-order valence-electron chi connectivity index (χ2n) is 3.25. The Hall–Kier alpha value is -1.81. The molecule has 0 atom stereocenters. The number of aliphatic carboxylic acids is 1. The fourth-order valence-corrected chi connectivity index (χ4v) is 1.14. The van der Waals surface area contributed by atoms with E-state index < -0.39 is 5.97 Å². The van der Waals surface area contributed by atoms with Crippen LogP contribution in [-0.4, -0.2) is 24.8 Å². The summed E-state index contributed by atoms with van der Waals surface area (Å²) >= 11 is 0. The fourth-order valence-electron chi connectivity index (χ4n) is 1.14. The molecule has 0 fully saturated rings. The molecule has 0 amide bonds. The van der Waals surface area contributed by atoms with Crippen molar-refractivity contribution >= 4 is 5.97 Å². The summed E-state index contributed by atoms with van der Waals surface area (Å²) in [7, 11) is 1.49. The molecule has 0 aromatic heterocycles. The number of benzene rings is 1. The zero-order chi connectivity index (χ0) is 12.0. The summed E-state index contributed by atoms with van der Waals surface area (Å²) in [6.45, 7) is 2.11. The first kappa shape index (κ1) is 12.3. The average molecular weight is 222 g/mol. The van der Waals surface area contributed by atoms with Gasteiger partial charge < -0.3 is 14.6 Å². The predicted octanol–water partition coefficient (Wildman–Crippen LogP) is 1.99. The Morgan fingerprint density at radius 3 is 2.81 bits per heavy atom. The Labute approximate surface area is 94.1 Å². The third-order valence-corrected chi connectivity index (χ3v) is 1.86. The highest BCUT2D eigenvalue weighted by Gasteiger charge is 2.09. The van der Waals surface area contributed by atoms with E-state index in [2.05, 4.69) is 0 Å². The van der Waals surface area contributed by atoms with E-state index in [9.17, 15) is 4.79 Å². The van der Waals surface area contributed by atoms with Gasteiger partial charge >= 0.3 is 5.97 Å². The number of carboxylic acid groups (broad SMARTS) is 1. The van der Waals surface area contributed by atoms with E-state index in [1.165, 1.54) is 13.2 Å². The van der Waals surface area contributed by atoms with Crippen molar-refractivity contribution in [2.45, 2.75) is 6.92 Å². The first-order chi connectivity index (χ1) is 7.63. The van der Waals surface area contributed by atoms with E-state index in [1.807, 2.05) is 13.0 Å². The van der Waals surface area contributed by atoms with Gasteiger partial charge in [0.25, 0.3) is 0 Å². The second kappa shape index (κ2) is 5.92. The lowest BCUT2D eigenvalue weighted by atomic mass is 10.2. The van der Waals surface area contributed by atoms with Crippen LogP contribution in [0.4, 0.5) is 0 Å². The first-order valence-corrected chi connectivity index (χ1v) is 4.80. The molecule has 86 valence electrons. The minimum atomic E-state index is -1.11. The van der Waals surface area contributed by atoms with Gasteiger partial charge in [-0.1, -0.05) is 12.1 Å². The van der Waals surface area contributed by atoms with Crippen LogP contribution in [0.5, 0.6) is 5.75 Å². The molecule has 0 bridgehead atoms. The maximum atomic E-state index is 10.8. The molecule has 4 heteroatoms. The van der Waals surface area contributed by atoms with Crippen LogP contribution in [0.25, 0.3) is 0 Å². The van der Waals surface area contributed by atoms with Gasteiger partial charge in [0, 0.05) is 7.11 Å². The van der Waals surface area contributed by atoms with Crippen LogP contribution in [0.1, 0.15) is 5.56 Å². The van der Waals surface area contributed by atoms with Gasteiger partial charge in [-0.15, -0.1) is 0 Å². The molecule has 1 aromatic carbocycles. The molecule has 16 heavy (non-hydrogen) atoms. The molecule has 0 aliphatic rings. The van der Waals surface area contributed by atoms with Crippen LogP contribution in [0.15, 0.2) is 36.1 Å². The largest absolute Gasteiger partial charge is 0.475 e. The third kappa shape index (κ3) is 3.74. The minimum Gasteiger partial charge on any atom is -0.475 e. The van der Waals surface area contributed by atoms with Gasteiger partial charge in [0.05, 0.1) is 6.61 Å². The molecule has 1 N–H and O–H groups in total. The van der Waals surface area contributed by atoms with Gasteiger partial charge in [-0.3, -0.25) is 0 Å². The van der Waals surface area contributed by atoms with Gasteiger partial charge in [0.2, 0.25) is 5.76 Å². The smallest absolute Gasteiger partial charge is 0.371 e. The monoisotopic (exact) mass is 222 g/mol. The van der Waals surface area contributed by atoms with Crippen molar-refractivity contribution in [2.75, 3.05) is 13.7 Å². The van der Waals surface area contributed by atoms with Crippen LogP contribution in [-0.2, 0) is 9.53 Å². The van der Waals surface area contributed by atoms with Crippen LogP contribution >= 0.6 is 0 Å². The number of hydrogen-bond acceptors (Lipinski definition) is 3. The Morgan fingerprint density at radius 2 is 2.25 bits per heavy atom. The maximum absolute atomic E-state index is 10.8. The Kier molecular flexibility index (Phi) is 4.54. The standard InChI is InChI=1S/C12H14O4/c1-9-4-3-5-10(8-9)16-11(12(13)14)6-7-15-2/h3-6,8H,7H2,1-2H3,(H,13,14). The molecule has 0 unspecified atom stereocenters. The van der Waals surface area contributed by atoms with Crippen molar-refractivity contribution in [1.82, 2.24) is 0 Å². The van der Waals surface area contributed by atoms with E-state index in [0.29, 0.717) is 5.75 Å². The van der Waals surface area contributed by atoms with Gasteiger partial charge in [-0.05, 0) is 30.7 Å². The van der Waals surface area contributed by atoms with Crippen molar-refractivity contribution in [3.63, 3.8) is 0 Å². The Bertz CT molecular complexity index is 396. The molecule has 0 heterocycles. The number of carboxylic acids is 1. The normalized spacial score (nSPS) is 11.2. The average Bonchev–Trinajstić information content (AvgIpc) is 2.24. The molecule has 1 aromatic rings. The van der Waals surface area contributed by atoms with Crippen LogP contribution in [0.3, 0.4) is 0 Å². The van der Waals surface area contributed by atoms with E-state index in [-0.39, 0.29) is 12.4 Å². The summed E-state index contributed by atoms with van der Waals surface area (Å²) in [4.78, 5) is 10.8. The van der Waals surface area contributed by atoms with E-state index >= 15 is 0 Å². The van der Waals surface area contributed by atoms with Crippen molar-refractivity contribution in [3.05, 3.63) is 41.7 Å². The predicted molar refractivity (Wildman–Crippen MR) is 59.4 cm³/mol. The lowest BCUT2D eigenvalue weighted by molar-refractivity contribution is -0.135. The van der Waals surface area contributed by atoms with Gasteiger partial charge in [0.15, 0.2) is 0 Å². The first-order valence-electron chi connectivity index (χ1n) is 4.80. The quantitative estimate of drug-likeness (QED) is 0.611. The topological polar surface area (TPSA) is 55.8 Å². The highest BCUT2D eigenvalue weighted by Crippen LogP contribution is 2.15. The van der Waals surface area contributed by atoms with Crippen LogP contribution < -0.4 is 4.74 Å². The van der Waals surface area contributed by atoms with Gasteiger partial charge in [-0.2, -0.15) is 0 Å². The van der Waals surface area contributed by atoms with E-state index in [4.69, 9.17) is 14.6 Å². The number of aryl methyl sites for hydroxylation is 1. The number of hydrogen-bond donors (Lipinski definition) is 1. The molecule has 0 aliphatic heterocycles. The molecule has 4 nitrogen and oxygen atoms in total. The Morgan fingerprint density at radius 1 is 1.50 bits per heavy atom. The lowest BCUT2D eigenvalue weighted by Gasteiger charge is -2.06. The molecule has 0 spiro atoms. The zero-order valence-electron chi connectivity index (χ0n) is 9.27. The van der Waals surface area contributed by atoms with Gasteiger partial charge in [0.1, 0.15) is 5.75 Å². The highest BCUT2D eigenvalue weighted by molar-refractivity contribution is 5.84. The van der Waals surface area contributed by atoms with E-state index in [0.717, 1.165) is 5.56 Å². The summed E-state index contributed by atoms with van der Waals surface area (Å²) < 4.78 is 10.0.